The summed E-state index contributed by atoms with van der Waals surface area (Å²) in [6.45, 7) is 0.255. The van der Waals surface area contributed by atoms with Crippen molar-refractivity contribution in [2.45, 2.75) is 6.54 Å². The Hall–Kier alpha value is -2.30. The number of benzene rings is 1. The number of nitrogens with zero attached hydrogens (tertiary/aromatic N) is 1. The second kappa shape index (κ2) is 5.35. The molecule has 92 valence electrons. The molecule has 5 heteroatoms. The van der Waals surface area contributed by atoms with Gasteiger partial charge in [-0.05, 0) is 23.8 Å². The lowest BCUT2D eigenvalue weighted by Crippen LogP contribution is -2.23. The van der Waals surface area contributed by atoms with Crippen LogP contribution >= 0.6 is 0 Å². The molecule has 0 spiro atoms. The summed E-state index contributed by atoms with van der Waals surface area (Å²) in [5, 5.41) is 2.56. The molecule has 0 bridgehead atoms. The fourth-order valence-corrected chi connectivity index (χ4v) is 1.47. The first-order chi connectivity index (χ1) is 8.65. The standard InChI is InChI=1S/C13H10F2N2O/c14-11-4-10(5-12(15)6-11)13(18)17-8-9-2-1-3-16-7-9/h1-7H,8H2,(H,17,18). The predicted octanol–water partition coefficient (Wildman–Crippen LogP) is 2.29. The average molecular weight is 248 g/mol. The van der Waals surface area contributed by atoms with E-state index in [0.717, 1.165) is 23.8 Å². The van der Waals surface area contributed by atoms with Gasteiger partial charge in [0.25, 0.3) is 5.91 Å². The summed E-state index contributed by atoms with van der Waals surface area (Å²) >= 11 is 0. The quantitative estimate of drug-likeness (QED) is 0.905. The van der Waals surface area contributed by atoms with Crippen molar-refractivity contribution >= 4 is 5.91 Å². The molecule has 0 atom stereocenters. The molecule has 0 saturated carbocycles. The van der Waals surface area contributed by atoms with Crippen molar-refractivity contribution in [2.24, 2.45) is 0 Å². The maximum atomic E-state index is 12.9. The molecule has 0 fully saturated rings. The Bertz CT molecular complexity index is 538. The number of halogens is 2. The van der Waals surface area contributed by atoms with E-state index in [1.54, 1.807) is 24.5 Å². The fraction of sp³-hybridized carbons (Fsp3) is 0.0769. The van der Waals surface area contributed by atoms with Crippen LogP contribution in [0.2, 0.25) is 0 Å². The minimum Gasteiger partial charge on any atom is -0.348 e. The van der Waals surface area contributed by atoms with Crippen LogP contribution in [0.5, 0.6) is 0 Å². The number of amides is 1. The Labute approximate surface area is 102 Å². The molecular formula is C13H10F2N2O. The molecule has 18 heavy (non-hydrogen) atoms. The summed E-state index contributed by atoms with van der Waals surface area (Å²) in [6.07, 6.45) is 3.22. The van der Waals surface area contributed by atoms with Crippen LogP contribution in [0.15, 0.2) is 42.7 Å². The minimum absolute atomic E-state index is 0.0450. The van der Waals surface area contributed by atoms with Gasteiger partial charge >= 0.3 is 0 Å². The summed E-state index contributed by atoms with van der Waals surface area (Å²) in [4.78, 5) is 15.5. The van der Waals surface area contributed by atoms with Gasteiger partial charge in [-0.25, -0.2) is 8.78 Å². The molecule has 0 aliphatic heterocycles. The van der Waals surface area contributed by atoms with Crippen molar-refractivity contribution in [3.8, 4) is 0 Å². The molecule has 1 aromatic heterocycles. The molecule has 1 aromatic carbocycles. The van der Waals surface area contributed by atoms with Crippen LogP contribution in [0.25, 0.3) is 0 Å². The van der Waals surface area contributed by atoms with Crippen LogP contribution in [-0.4, -0.2) is 10.9 Å². The third-order valence-electron chi connectivity index (χ3n) is 2.30. The topological polar surface area (TPSA) is 42.0 Å². The lowest BCUT2D eigenvalue weighted by molar-refractivity contribution is 0.0950. The first kappa shape index (κ1) is 12.2. The molecular weight excluding hydrogens is 238 g/mol. The van der Waals surface area contributed by atoms with E-state index in [1.165, 1.54) is 0 Å². The number of hydrogen-bond donors (Lipinski definition) is 1. The third-order valence-corrected chi connectivity index (χ3v) is 2.30. The number of pyridine rings is 1. The molecule has 1 heterocycles. The van der Waals surface area contributed by atoms with E-state index in [1.807, 2.05) is 0 Å². The fourth-order valence-electron chi connectivity index (χ4n) is 1.47. The molecule has 0 aliphatic carbocycles. The Morgan fingerprint density at radius 1 is 1.22 bits per heavy atom. The lowest BCUT2D eigenvalue weighted by Gasteiger charge is -2.05. The van der Waals surface area contributed by atoms with Gasteiger partial charge in [-0.1, -0.05) is 6.07 Å². The van der Waals surface area contributed by atoms with Crippen LogP contribution in [-0.2, 0) is 6.54 Å². The van der Waals surface area contributed by atoms with Gasteiger partial charge in [0, 0.05) is 30.6 Å². The van der Waals surface area contributed by atoms with E-state index in [9.17, 15) is 13.6 Å². The predicted molar refractivity (Wildman–Crippen MR) is 61.8 cm³/mol. The van der Waals surface area contributed by atoms with Gasteiger partial charge in [-0.3, -0.25) is 9.78 Å². The molecule has 0 radical (unpaired) electrons. The summed E-state index contributed by atoms with van der Waals surface area (Å²) in [6, 6.07) is 6.23. The normalized spacial score (nSPS) is 10.1. The summed E-state index contributed by atoms with van der Waals surface area (Å²) in [7, 11) is 0. The van der Waals surface area contributed by atoms with Crippen molar-refractivity contribution in [1.82, 2.24) is 10.3 Å². The highest BCUT2D eigenvalue weighted by molar-refractivity contribution is 5.94. The molecule has 0 saturated heterocycles. The number of aromatic nitrogens is 1. The van der Waals surface area contributed by atoms with Crippen molar-refractivity contribution in [1.29, 1.82) is 0 Å². The lowest BCUT2D eigenvalue weighted by atomic mass is 10.2. The second-order valence-corrected chi connectivity index (χ2v) is 3.70. The Morgan fingerprint density at radius 2 is 1.94 bits per heavy atom. The highest BCUT2D eigenvalue weighted by atomic mass is 19.1. The molecule has 1 amide bonds. The van der Waals surface area contributed by atoms with E-state index >= 15 is 0 Å². The molecule has 3 nitrogen and oxygen atoms in total. The number of hydrogen-bond acceptors (Lipinski definition) is 2. The van der Waals surface area contributed by atoms with Crippen molar-refractivity contribution in [3.05, 3.63) is 65.5 Å². The highest BCUT2D eigenvalue weighted by Gasteiger charge is 2.08. The largest absolute Gasteiger partial charge is 0.348 e. The van der Waals surface area contributed by atoms with Gasteiger partial charge in [0.1, 0.15) is 11.6 Å². The number of nitrogens with one attached hydrogen (secondary N) is 1. The number of rotatable bonds is 3. The minimum atomic E-state index is -0.776. The maximum Gasteiger partial charge on any atom is 0.251 e. The van der Waals surface area contributed by atoms with Gasteiger partial charge in [-0.15, -0.1) is 0 Å². The zero-order valence-electron chi connectivity index (χ0n) is 9.36. The summed E-state index contributed by atoms with van der Waals surface area (Å²) in [5.74, 6) is -2.08. The average Bonchev–Trinajstić information content (AvgIpc) is 2.36. The van der Waals surface area contributed by atoms with E-state index in [-0.39, 0.29) is 12.1 Å². The number of carbonyl (C=O) groups is 1. The van der Waals surface area contributed by atoms with Crippen LogP contribution in [0.3, 0.4) is 0 Å². The molecule has 0 aliphatic rings. The molecule has 2 rings (SSSR count). The van der Waals surface area contributed by atoms with Gasteiger partial charge in [0.15, 0.2) is 0 Å². The van der Waals surface area contributed by atoms with E-state index in [4.69, 9.17) is 0 Å². The SMILES string of the molecule is O=C(NCc1cccnc1)c1cc(F)cc(F)c1. The van der Waals surface area contributed by atoms with Gasteiger partial charge in [0.05, 0.1) is 0 Å². The third kappa shape index (κ3) is 3.10. The van der Waals surface area contributed by atoms with Gasteiger partial charge in [-0.2, -0.15) is 0 Å². The molecule has 0 unspecified atom stereocenters. The second-order valence-electron chi connectivity index (χ2n) is 3.70. The van der Waals surface area contributed by atoms with E-state index < -0.39 is 17.5 Å². The molecule has 1 N–H and O–H groups in total. The van der Waals surface area contributed by atoms with Crippen molar-refractivity contribution < 1.29 is 13.6 Å². The number of carbonyl (C=O) groups excluding carboxylic acids is 1. The Balaban J connectivity index is 2.04. The first-order valence-corrected chi connectivity index (χ1v) is 5.28. The highest BCUT2D eigenvalue weighted by Crippen LogP contribution is 2.08. The van der Waals surface area contributed by atoms with Crippen LogP contribution in [0.1, 0.15) is 15.9 Å². The summed E-state index contributed by atoms with van der Waals surface area (Å²) < 4.78 is 25.8. The van der Waals surface area contributed by atoms with Gasteiger partial charge in [0.2, 0.25) is 0 Å². The van der Waals surface area contributed by atoms with E-state index in [0.29, 0.717) is 0 Å². The smallest absolute Gasteiger partial charge is 0.251 e. The molecule has 2 aromatic rings. The van der Waals surface area contributed by atoms with Crippen molar-refractivity contribution in [2.75, 3.05) is 0 Å². The Kier molecular flexibility index (Phi) is 3.62. The zero-order chi connectivity index (χ0) is 13.0. The van der Waals surface area contributed by atoms with Gasteiger partial charge < -0.3 is 5.32 Å². The van der Waals surface area contributed by atoms with Crippen molar-refractivity contribution in [3.63, 3.8) is 0 Å². The zero-order valence-corrected chi connectivity index (χ0v) is 9.36. The first-order valence-electron chi connectivity index (χ1n) is 5.28. The van der Waals surface area contributed by atoms with Crippen LogP contribution < -0.4 is 5.32 Å². The Morgan fingerprint density at radius 3 is 2.56 bits per heavy atom. The van der Waals surface area contributed by atoms with Crippen LogP contribution in [0.4, 0.5) is 8.78 Å². The maximum absolute atomic E-state index is 12.9. The monoisotopic (exact) mass is 248 g/mol. The summed E-state index contributed by atoms with van der Waals surface area (Å²) in [5.41, 5.74) is 0.763. The van der Waals surface area contributed by atoms with E-state index in [2.05, 4.69) is 10.3 Å². The van der Waals surface area contributed by atoms with Crippen LogP contribution in [0, 0.1) is 11.6 Å².